The van der Waals surface area contributed by atoms with Crippen LogP contribution in [0.15, 0.2) is 16.3 Å². The SMILES string of the molecule is CN(CCNS(=O)(=O)c1csc(C(=O)O)c1)C1CCCC1. The first kappa shape index (κ1) is 16.4. The van der Waals surface area contributed by atoms with E-state index < -0.39 is 16.0 Å². The maximum Gasteiger partial charge on any atom is 0.345 e. The van der Waals surface area contributed by atoms with E-state index in [0.717, 1.165) is 11.3 Å². The Morgan fingerprint density at radius 3 is 2.71 bits per heavy atom. The largest absolute Gasteiger partial charge is 0.477 e. The van der Waals surface area contributed by atoms with Crippen molar-refractivity contribution >= 4 is 27.3 Å². The molecule has 1 aliphatic rings. The third-order valence-electron chi connectivity index (χ3n) is 3.80. The van der Waals surface area contributed by atoms with Crippen LogP contribution in [0.2, 0.25) is 0 Å². The number of sulfonamides is 1. The second-order valence-corrected chi connectivity index (χ2v) is 7.95. The number of aromatic carboxylic acids is 1. The van der Waals surface area contributed by atoms with Gasteiger partial charge >= 0.3 is 5.97 Å². The van der Waals surface area contributed by atoms with Crippen LogP contribution in [0.4, 0.5) is 0 Å². The smallest absolute Gasteiger partial charge is 0.345 e. The first-order valence-electron chi connectivity index (χ1n) is 6.92. The zero-order valence-electron chi connectivity index (χ0n) is 11.9. The average molecular weight is 332 g/mol. The number of thiophene rings is 1. The van der Waals surface area contributed by atoms with Crippen LogP contribution in [0.1, 0.15) is 35.4 Å². The van der Waals surface area contributed by atoms with E-state index in [9.17, 15) is 13.2 Å². The van der Waals surface area contributed by atoms with Crippen molar-refractivity contribution in [2.45, 2.75) is 36.6 Å². The van der Waals surface area contributed by atoms with E-state index >= 15 is 0 Å². The van der Waals surface area contributed by atoms with E-state index in [-0.39, 0.29) is 9.77 Å². The fraction of sp³-hybridized carbons (Fsp3) is 0.615. The molecular formula is C13H20N2O4S2. The molecule has 0 aromatic carbocycles. The molecule has 1 heterocycles. The number of carboxylic acids is 1. The van der Waals surface area contributed by atoms with Gasteiger partial charge in [0.25, 0.3) is 0 Å². The molecule has 21 heavy (non-hydrogen) atoms. The fourth-order valence-corrected chi connectivity index (χ4v) is 4.67. The Bertz CT molecular complexity index is 591. The molecule has 0 radical (unpaired) electrons. The van der Waals surface area contributed by atoms with Gasteiger partial charge in [-0.05, 0) is 26.0 Å². The standard InChI is InChI=1S/C13H20N2O4S2/c1-15(10-4-2-3-5-10)7-6-14-21(18,19)11-8-12(13(16)17)20-9-11/h8-10,14H,2-7H2,1H3,(H,16,17). The minimum atomic E-state index is -3.62. The Morgan fingerprint density at radius 1 is 1.48 bits per heavy atom. The molecule has 0 amide bonds. The van der Waals surface area contributed by atoms with Crippen LogP contribution in [0, 0.1) is 0 Å². The summed E-state index contributed by atoms with van der Waals surface area (Å²) in [7, 11) is -1.61. The molecule has 0 unspecified atom stereocenters. The molecular weight excluding hydrogens is 312 g/mol. The molecule has 1 aliphatic carbocycles. The van der Waals surface area contributed by atoms with Gasteiger partial charge in [-0.2, -0.15) is 0 Å². The van der Waals surface area contributed by atoms with Gasteiger partial charge in [0.2, 0.25) is 10.0 Å². The van der Waals surface area contributed by atoms with Gasteiger partial charge in [0.1, 0.15) is 4.88 Å². The van der Waals surface area contributed by atoms with E-state index in [1.807, 2.05) is 7.05 Å². The first-order valence-corrected chi connectivity index (χ1v) is 9.28. The lowest BCUT2D eigenvalue weighted by molar-refractivity contribution is 0.0702. The summed E-state index contributed by atoms with van der Waals surface area (Å²) in [5.41, 5.74) is 0. The van der Waals surface area contributed by atoms with Crippen molar-refractivity contribution in [1.29, 1.82) is 0 Å². The van der Waals surface area contributed by atoms with E-state index in [4.69, 9.17) is 5.11 Å². The van der Waals surface area contributed by atoms with E-state index in [2.05, 4.69) is 9.62 Å². The number of rotatable bonds is 7. The fourth-order valence-electron chi connectivity index (χ4n) is 2.54. The van der Waals surface area contributed by atoms with Gasteiger partial charge in [-0.1, -0.05) is 12.8 Å². The third-order valence-corrected chi connectivity index (χ3v) is 6.31. The molecule has 1 aromatic rings. The summed E-state index contributed by atoms with van der Waals surface area (Å²) in [6.45, 7) is 0.980. The van der Waals surface area contributed by atoms with Crippen molar-refractivity contribution in [3.63, 3.8) is 0 Å². The highest BCUT2D eigenvalue weighted by Gasteiger charge is 2.21. The molecule has 1 aromatic heterocycles. The number of likely N-dealkylation sites (N-methyl/N-ethyl adjacent to an activating group) is 1. The van der Waals surface area contributed by atoms with Crippen molar-refractivity contribution in [2.24, 2.45) is 0 Å². The minimum absolute atomic E-state index is 0.0217. The van der Waals surface area contributed by atoms with Gasteiger partial charge in [0.05, 0.1) is 4.90 Å². The molecule has 2 rings (SSSR count). The van der Waals surface area contributed by atoms with Gasteiger partial charge in [-0.15, -0.1) is 11.3 Å². The zero-order valence-corrected chi connectivity index (χ0v) is 13.5. The number of carboxylic acid groups (broad SMARTS) is 1. The molecule has 1 saturated carbocycles. The molecule has 2 N–H and O–H groups in total. The number of nitrogens with one attached hydrogen (secondary N) is 1. The molecule has 118 valence electrons. The quantitative estimate of drug-likeness (QED) is 0.792. The average Bonchev–Trinajstić information content (AvgIpc) is 3.10. The highest BCUT2D eigenvalue weighted by atomic mass is 32.2. The molecule has 0 saturated heterocycles. The van der Waals surface area contributed by atoms with Crippen LogP contribution >= 0.6 is 11.3 Å². The van der Waals surface area contributed by atoms with Crippen molar-refractivity contribution in [2.75, 3.05) is 20.1 Å². The monoisotopic (exact) mass is 332 g/mol. The second kappa shape index (κ2) is 6.87. The topological polar surface area (TPSA) is 86.7 Å². The van der Waals surface area contributed by atoms with Gasteiger partial charge < -0.3 is 10.0 Å². The van der Waals surface area contributed by atoms with Gasteiger partial charge in [0, 0.05) is 24.5 Å². The summed E-state index contributed by atoms with van der Waals surface area (Å²) < 4.78 is 26.6. The molecule has 0 spiro atoms. The van der Waals surface area contributed by atoms with Crippen molar-refractivity contribution in [3.8, 4) is 0 Å². The highest BCUT2D eigenvalue weighted by molar-refractivity contribution is 7.89. The lowest BCUT2D eigenvalue weighted by atomic mass is 10.2. The molecule has 8 heteroatoms. The Labute approximate surface area is 128 Å². The maximum absolute atomic E-state index is 12.1. The van der Waals surface area contributed by atoms with Crippen LogP contribution in [-0.2, 0) is 10.0 Å². The van der Waals surface area contributed by atoms with Crippen molar-refractivity contribution in [3.05, 3.63) is 16.3 Å². The van der Waals surface area contributed by atoms with Crippen LogP contribution < -0.4 is 4.72 Å². The van der Waals surface area contributed by atoms with E-state index in [1.165, 1.54) is 37.1 Å². The van der Waals surface area contributed by atoms with Crippen LogP contribution in [0.25, 0.3) is 0 Å². The minimum Gasteiger partial charge on any atom is -0.477 e. The first-order chi connectivity index (χ1) is 9.90. The lowest BCUT2D eigenvalue weighted by Crippen LogP contribution is -2.37. The van der Waals surface area contributed by atoms with Gasteiger partial charge in [-0.3, -0.25) is 0 Å². The number of hydrogen-bond donors (Lipinski definition) is 2. The predicted octanol–water partition coefficient (Wildman–Crippen LogP) is 1.60. The molecule has 1 fully saturated rings. The Hall–Kier alpha value is -0.960. The summed E-state index contributed by atoms with van der Waals surface area (Å²) in [6.07, 6.45) is 4.84. The summed E-state index contributed by atoms with van der Waals surface area (Å²) in [5.74, 6) is -1.11. The van der Waals surface area contributed by atoms with Gasteiger partial charge in [-0.25, -0.2) is 17.9 Å². The molecule has 0 aliphatic heterocycles. The Balaban J connectivity index is 1.87. The van der Waals surface area contributed by atoms with Crippen molar-refractivity contribution in [1.82, 2.24) is 9.62 Å². The third kappa shape index (κ3) is 4.26. The van der Waals surface area contributed by atoms with Crippen LogP contribution in [0.5, 0.6) is 0 Å². The maximum atomic E-state index is 12.1. The normalized spacial score (nSPS) is 16.7. The number of hydrogen-bond acceptors (Lipinski definition) is 5. The predicted molar refractivity (Wildman–Crippen MR) is 81.4 cm³/mol. The summed E-state index contributed by atoms with van der Waals surface area (Å²) in [4.78, 5) is 13.0. The Kier molecular flexibility index (Phi) is 5.37. The van der Waals surface area contributed by atoms with Gasteiger partial charge in [0.15, 0.2) is 0 Å². The van der Waals surface area contributed by atoms with Crippen LogP contribution in [-0.4, -0.2) is 50.6 Å². The summed E-state index contributed by atoms with van der Waals surface area (Å²) in [6, 6.07) is 1.74. The zero-order chi connectivity index (χ0) is 15.5. The van der Waals surface area contributed by atoms with E-state index in [1.54, 1.807) is 0 Å². The highest BCUT2D eigenvalue weighted by Crippen LogP contribution is 2.22. The number of carbonyl (C=O) groups is 1. The van der Waals surface area contributed by atoms with E-state index in [0.29, 0.717) is 19.1 Å². The van der Waals surface area contributed by atoms with Crippen molar-refractivity contribution < 1.29 is 18.3 Å². The summed E-state index contributed by atoms with van der Waals surface area (Å²) >= 11 is 0.916. The lowest BCUT2D eigenvalue weighted by Gasteiger charge is -2.23. The molecule has 6 nitrogen and oxygen atoms in total. The number of nitrogens with zero attached hydrogens (tertiary/aromatic N) is 1. The molecule has 0 bridgehead atoms. The Morgan fingerprint density at radius 2 is 2.14 bits per heavy atom. The molecule has 0 atom stereocenters. The second-order valence-electron chi connectivity index (χ2n) is 5.27. The van der Waals surface area contributed by atoms with Crippen LogP contribution in [0.3, 0.4) is 0 Å². The summed E-state index contributed by atoms with van der Waals surface area (Å²) in [5, 5.41) is 10.2.